The second-order valence-electron chi connectivity index (χ2n) is 5.55. The first-order valence-electron chi connectivity index (χ1n) is 7.12. The summed E-state index contributed by atoms with van der Waals surface area (Å²) in [5.74, 6) is -2.01. The molecular formula is C14H18F2N2O4S. The van der Waals surface area contributed by atoms with Crippen LogP contribution in [0.25, 0.3) is 0 Å². The lowest BCUT2D eigenvalue weighted by molar-refractivity contribution is 0.172. The van der Waals surface area contributed by atoms with Crippen molar-refractivity contribution < 1.29 is 27.1 Å². The van der Waals surface area contributed by atoms with Crippen LogP contribution in [-0.2, 0) is 9.84 Å². The molecule has 2 atom stereocenters. The highest BCUT2D eigenvalue weighted by Crippen LogP contribution is 2.17. The number of carbonyl (C=O) groups is 1. The Hall–Kier alpha value is -1.74. The van der Waals surface area contributed by atoms with Gasteiger partial charge in [0.05, 0.1) is 17.6 Å². The van der Waals surface area contributed by atoms with Crippen molar-refractivity contribution in [3.63, 3.8) is 0 Å². The number of hydrogen-bond donors (Lipinski definition) is 3. The molecule has 2 amide bonds. The van der Waals surface area contributed by atoms with E-state index < -0.39 is 33.6 Å². The van der Waals surface area contributed by atoms with Crippen LogP contribution in [0.15, 0.2) is 18.2 Å². The molecule has 6 nitrogen and oxygen atoms in total. The van der Waals surface area contributed by atoms with Gasteiger partial charge in [-0.2, -0.15) is 0 Å². The number of benzene rings is 1. The third-order valence-electron chi connectivity index (χ3n) is 3.66. The Kier molecular flexibility index (Phi) is 5.53. The van der Waals surface area contributed by atoms with Crippen molar-refractivity contribution >= 4 is 15.9 Å². The minimum absolute atomic E-state index is 0.0603. The van der Waals surface area contributed by atoms with E-state index >= 15 is 0 Å². The number of hydrogen-bond acceptors (Lipinski definition) is 4. The van der Waals surface area contributed by atoms with Gasteiger partial charge in [-0.25, -0.2) is 22.0 Å². The summed E-state index contributed by atoms with van der Waals surface area (Å²) < 4.78 is 48.4. The summed E-state index contributed by atoms with van der Waals surface area (Å²) in [6.07, 6.45) is -0.664. The molecule has 9 heteroatoms. The first-order valence-corrected chi connectivity index (χ1v) is 8.94. The Labute approximate surface area is 132 Å². The van der Waals surface area contributed by atoms with Crippen molar-refractivity contribution in [2.24, 2.45) is 5.92 Å². The van der Waals surface area contributed by atoms with Gasteiger partial charge < -0.3 is 15.7 Å². The van der Waals surface area contributed by atoms with Crippen molar-refractivity contribution in [3.05, 3.63) is 35.4 Å². The summed E-state index contributed by atoms with van der Waals surface area (Å²) in [4.78, 5) is 11.6. The van der Waals surface area contributed by atoms with Gasteiger partial charge in [-0.05, 0) is 30.0 Å². The third-order valence-corrected chi connectivity index (χ3v) is 5.50. The molecule has 1 aromatic rings. The fourth-order valence-electron chi connectivity index (χ4n) is 2.36. The van der Waals surface area contributed by atoms with Gasteiger partial charge in [-0.3, -0.25) is 0 Å². The highest BCUT2D eigenvalue weighted by atomic mass is 32.2. The zero-order valence-electron chi connectivity index (χ0n) is 12.3. The molecular weight excluding hydrogens is 330 g/mol. The Morgan fingerprint density at radius 2 is 2.04 bits per heavy atom. The second-order valence-corrected chi connectivity index (χ2v) is 7.78. The average molecular weight is 348 g/mol. The SMILES string of the molecule is O=C(NC[C@@H]1CCS(=O)(=O)C1)NC[C@@H](O)c1ccc(F)c(F)c1. The van der Waals surface area contributed by atoms with Gasteiger partial charge in [-0.15, -0.1) is 0 Å². The molecule has 0 unspecified atom stereocenters. The van der Waals surface area contributed by atoms with Gasteiger partial charge >= 0.3 is 6.03 Å². The van der Waals surface area contributed by atoms with Crippen LogP contribution in [0.4, 0.5) is 13.6 Å². The molecule has 0 aliphatic carbocycles. The van der Waals surface area contributed by atoms with E-state index in [4.69, 9.17) is 0 Å². The van der Waals surface area contributed by atoms with E-state index in [0.29, 0.717) is 6.42 Å². The van der Waals surface area contributed by atoms with Crippen LogP contribution in [0.5, 0.6) is 0 Å². The van der Waals surface area contributed by atoms with Crippen molar-refractivity contribution in [3.8, 4) is 0 Å². The lowest BCUT2D eigenvalue weighted by Crippen LogP contribution is -2.40. The van der Waals surface area contributed by atoms with Crippen molar-refractivity contribution in [2.45, 2.75) is 12.5 Å². The number of aliphatic hydroxyl groups is 1. The van der Waals surface area contributed by atoms with E-state index in [0.717, 1.165) is 12.1 Å². The molecule has 3 N–H and O–H groups in total. The maximum Gasteiger partial charge on any atom is 0.314 e. The van der Waals surface area contributed by atoms with E-state index in [1.165, 1.54) is 6.07 Å². The second kappa shape index (κ2) is 7.22. The molecule has 1 fully saturated rings. The predicted molar refractivity (Wildman–Crippen MR) is 79.5 cm³/mol. The van der Waals surface area contributed by atoms with E-state index in [1.54, 1.807) is 0 Å². The smallest absolute Gasteiger partial charge is 0.314 e. The lowest BCUT2D eigenvalue weighted by Gasteiger charge is -2.14. The highest BCUT2D eigenvalue weighted by Gasteiger charge is 2.27. The number of urea groups is 1. The molecule has 1 heterocycles. The molecule has 2 rings (SSSR count). The van der Waals surface area contributed by atoms with Crippen LogP contribution in [0.3, 0.4) is 0 Å². The quantitative estimate of drug-likeness (QED) is 0.731. The fraction of sp³-hybridized carbons (Fsp3) is 0.500. The number of nitrogens with one attached hydrogen (secondary N) is 2. The number of aliphatic hydroxyl groups excluding tert-OH is 1. The van der Waals surface area contributed by atoms with Gasteiger partial charge in [0, 0.05) is 13.1 Å². The Morgan fingerprint density at radius 3 is 2.65 bits per heavy atom. The summed E-state index contributed by atoms with van der Waals surface area (Å²) in [7, 11) is -2.99. The van der Waals surface area contributed by atoms with Gasteiger partial charge in [0.2, 0.25) is 0 Å². The fourth-order valence-corrected chi connectivity index (χ4v) is 4.22. The topological polar surface area (TPSA) is 95.5 Å². The zero-order valence-corrected chi connectivity index (χ0v) is 13.1. The van der Waals surface area contributed by atoms with E-state index in [2.05, 4.69) is 10.6 Å². The Balaban J connectivity index is 1.74. The average Bonchev–Trinajstić information content (AvgIpc) is 2.84. The van der Waals surface area contributed by atoms with Gasteiger partial charge in [-0.1, -0.05) is 6.07 Å². The Morgan fingerprint density at radius 1 is 1.30 bits per heavy atom. The predicted octanol–water partition coefficient (Wildman–Crippen LogP) is 0.732. The third kappa shape index (κ3) is 5.14. The molecule has 0 aromatic heterocycles. The molecule has 128 valence electrons. The van der Waals surface area contributed by atoms with Crippen molar-refractivity contribution in [1.82, 2.24) is 10.6 Å². The minimum Gasteiger partial charge on any atom is -0.387 e. The Bertz CT molecular complexity index is 681. The van der Waals surface area contributed by atoms with Crippen LogP contribution in [0.2, 0.25) is 0 Å². The molecule has 0 bridgehead atoms. The maximum atomic E-state index is 13.1. The normalized spacial score (nSPS) is 20.9. The monoisotopic (exact) mass is 348 g/mol. The molecule has 1 aliphatic heterocycles. The van der Waals surface area contributed by atoms with E-state index in [1.807, 2.05) is 0 Å². The molecule has 1 saturated heterocycles. The molecule has 0 saturated carbocycles. The molecule has 1 aromatic carbocycles. The number of carbonyl (C=O) groups excluding carboxylic acids is 1. The minimum atomic E-state index is -2.99. The molecule has 1 aliphatic rings. The summed E-state index contributed by atoms with van der Waals surface area (Å²) >= 11 is 0. The summed E-state index contributed by atoms with van der Waals surface area (Å²) in [5.41, 5.74) is 0.145. The van der Waals surface area contributed by atoms with Crippen LogP contribution in [-0.4, -0.2) is 44.2 Å². The van der Waals surface area contributed by atoms with Crippen LogP contribution in [0, 0.1) is 17.6 Å². The highest BCUT2D eigenvalue weighted by molar-refractivity contribution is 7.91. The lowest BCUT2D eigenvalue weighted by atomic mass is 10.1. The number of amides is 2. The summed E-state index contributed by atoms with van der Waals surface area (Å²) in [6.45, 7) is 0.0478. The first kappa shape index (κ1) is 17.6. The first-order chi connectivity index (χ1) is 10.8. The van der Waals surface area contributed by atoms with Gasteiger partial charge in [0.15, 0.2) is 21.5 Å². The van der Waals surface area contributed by atoms with E-state index in [-0.39, 0.29) is 36.1 Å². The maximum absolute atomic E-state index is 13.1. The van der Waals surface area contributed by atoms with Crippen LogP contribution in [0.1, 0.15) is 18.1 Å². The summed E-state index contributed by atoms with van der Waals surface area (Å²) in [6, 6.07) is 2.43. The van der Waals surface area contributed by atoms with Crippen molar-refractivity contribution in [1.29, 1.82) is 0 Å². The largest absolute Gasteiger partial charge is 0.387 e. The molecule has 0 radical (unpaired) electrons. The molecule has 23 heavy (non-hydrogen) atoms. The van der Waals surface area contributed by atoms with Crippen LogP contribution >= 0.6 is 0 Å². The van der Waals surface area contributed by atoms with Crippen molar-refractivity contribution in [2.75, 3.05) is 24.6 Å². The molecule has 0 spiro atoms. The van der Waals surface area contributed by atoms with Gasteiger partial charge in [0.1, 0.15) is 0 Å². The van der Waals surface area contributed by atoms with Crippen LogP contribution < -0.4 is 10.6 Å². The number of rotatable bonds is 5. The summed E-state index contributed by atoms with van der Waals surface area (Å²) in [5, 5.41) is 14.7. The number of halogens is 2. The van der Waals surface area contributed by atoms with Gasteiger partial charge in [0.25, 0.3) is 0 Å². The number of sulfone groups is 1. The van der Waals surface area contributed by atoms with E-state index in [9.17, 15) is 27.1 Å². The zero-order chi connectivity index (χ0) is 17.0. The standard InChI is InChI=1S/C14H18F2N2O4S/c15-11-2-1-10(5-12(11)16)13(19)7-18-14(20)17-6-9-3-4-23(21,22)8-9/h1-2,5,9,13,19H,3-4,6-8H2,(H2,17,18,20)/t9-,13+/m0/s1.